The molecule has 1 rings (SSSR count). The molecular weight excluding hydrogens is 224 g/mol. The number of hydrogen-bond donors (Lipinski definition) is 2. The summed E-state index contributed by atoms with van der Waals surface area (Å²) < 4.78 is 10.2. The van der Waals surface area contributed by atoms with E-state index in [4.69, 9.17) is 9.47 Å². The molecule has 0 aliphatic carbocycles. The highest BCUT2D eigenvalue weighted by Gasteiger charge is 2.30. The summed E-state index contributed by atoms with van der Waals surface area (Å²) in [7, 11) is 1.58. The van der Waals surface area contributed by atoms with E-state index in [1.54, 1.807) is 27.9 Å². The van der Waals surface area contributed by atoms with Gasteiger partial charge in [-0.25, -0.2) is 4.79 Å². The van der Waals surface area contributed by atoms with Crippen molar-refractivity contribution in [3.63, 3.8) is 0 Å². The zero-order chi connectivity index (χ0) is 13.1. The van der Waals surface area contributed by atoms with E-state index in [1.807, 2.05) is 0 Å². The van der Waals surface area contributed by atoms with Gasteiger partial charge in [-0.1, -0.05) is 0 Å². The number of nitrogens with one attached hydrogen (secondary N) is 2. The van der Waals surface area contributed by atoms with Crippen molar-refractivity contribution in [1.29, 1.82) is 0 Å². The van der Waals surface area contributed by atoms with Crippen LogP contribution >= 0.6 is 0 Å². The van der Waals surface area contributed by atoms with E-state index in [2.05, 4.69) is 10.6 Å². The zero-order valence-corrected chi connectivity index (χ0v) is 10.7. The van der Waals surface area contributed by atoms with Crippen LogP contribution in [0.1, 0.15) is 27.2 Å². The monoisotopic (exact) mass is 244 g/mol. The number of carbonyl (C=O) groups is 2. The van der Waals surface area contributed by atoms with Crippen molar-refractivity contribution in [1.82, 2.24) is 10.6 Å². The highest BCUT2D eigenvalue weighted by Crippen LogP contribution is 2.10. The van der Waals surface area contributed by atoms with E-state index in [1.165, 1.54) is 0 Å². The molecule has 0 aromatic heterocycles. The molecule has 1 heterocycles. The molecule has 6 heteroatoms. The van der Waals surface area contributed by atoms with Gasteiger partial charge in [0.15, 0.2) is 0 Å². The van der Waals surface area contributed by atoms with Gasteiger partial charge in [-0.3, -0.25) is 4.79 Å². The average Bonchev–Trinajstić information content (AvgIpc) is 2.18. The van der Waals surface area contributed by atoms with Crippen LogP contribution in [0.25, 0.3) is 0 Å². The van der Waals surface area contributed by atoms with Gasteiger partial charge in [0, 0.05) is 20.1 Å². The van der Waals surface area contributed by atoms with Gasteiger partial charge in [0.25, 0.3) is 0 Å². The number of carbonyl (C=O) groups excluding carboxylic acids is 2. The fourth-order valence-electron chi connectivity index (χ4n) is 1.54. The van der Waals surface area contributed by atoms with Gasteiger partial charge < -0.3 is 20.1 Å². The van der Waals surface area contributed by atoms with Crippen molar-refractivity contribution in [2.45, 2.75) is 44.9 Å². The molecule has 2 amide bonds. The third-order valence-electron chi connectivity index (χ3n) is 2.34. The van der Waals surface area contributed by atoms with Crippen LogP contribution in [0.15, 0.2) is 0 Å². The van der Waals surface area contributed by atoms with Crippen LogP contribution in [0.4, 0.5) is 4.79 Å². The zero-order valence-electron chi connectivity index (χ0n) is 10.7. The first-order chi connectivity index (χ1) is 7.81. The summed E-state index contributed by atoms with van der Waals surface area (Å²) in [6.07, 6.45) is -0.205. The fourth-order valence-corrected chi connectivity index (χ4v) is 1.54. The normalized spacial score (nSPS) is 25.1. The maximum Gasteiger partial charge on any atom is 0.408 e. The van der Waals surface area contributed by atoms with Gasteiger partial charge in [-0.05, 0) is 20.8 Å². The van der Waals surface area contributed by atoms with E-state index in [0.29, 0.717) is 13.0 Å². The maximum absolute atomic E-state index is 11.5. The third-order valence-corrected chi connectivity index (χ3v) is 2.34. The van der Waals surface area contributed by atoms with Gasteiger partial charge in [0.2, 0.25) is 5.91 Å². The standard InChI is InChI=1S/C11H20N2O4/c1-11(2,3)17-10(15)13-8-5-7(16-4)6-12-9(8)14/h7-8H,5-6H2,1-4H3,(H,12,14)(H,13,15). The van der Waals surface area contributed by atoms with Gasteiger partial charge in [-0.15, -0.1) is 0 Å². The van der Waals surface area contributed by atoms with Crippen LogP contribution in [-0.2, 0) is 14.3 Å². The summed E-state index contributed by atoms with van der Waals surface area (Å²) in [5, 5.41) is 5.20. The molecule has 0 saturated carbocycles. The Balaban J connectivity index is 2.49. The summed E-state index contributed by atoms with van der Waals surface area (Å²) in [4.78, 5) is 23.0. The van der Waals surface area contributed by atoms with Gasteiger partial charge >= 0.3 is 6.09 Å². The Bertz CT molecular complexity index is 298. The number of piperidine rings is 1. The minimum absolute atomic E-state index is 0.0763. The van der Waals surface area contributed by atoms with Crippen molar-refractivity contribution >= 4 is 12.0 Å². The summed E-state index contributed by atoms with van der Waals surface area (Å²) in [5.74, 6) is -0.204. The number of rotatable bonds is 2. The number of hydrogen-bond acceptors (Lipinski definition) is 4. The summed E-state index contributed by atoms with van der Waals surface area (Å²) in [6.45, 7) is 5.78. The topological polar surface area (TPSA) is 76.7 Å². The van der Waals surface area contributed by atoms with Crippen LogP contribution in [0.5, 0.6) is 0 Å². The molecule has 98 valence electrons. The third kappa shape index (κ3) is 4.60. The molecule has 1 aliphatic heterocycles. The molecule has 0 spiro atoms. The summed E-state index contributed by atoms with van der Waals surface area (Å²) >= 11 is 0. The quantitative estimate of drug-likeness (QED) is 0.738. The molecule has 0 bridgehead atoms. The summed E-state index contributed by atoms with van der Waals surface area (Å²) in [5.41, 5.74) is -0.574. The fraction of sp³-hybridized carbons (Fsp3) is 0.818. The molecule has 0 radical (unpaired) electrons. The van der Waals surface area contributed by atoms with Crippen molar-refractivity contribution < 1.29 is 19.1 Å². The van der Waals surface area contributed by atoms with E-state index >= 15 is 0 Å². The maximum atomic E-state index is 11.5. The van der Waals surface area contributed by atoms with Crippen molar-refractivity contribution in [2.75, 3.05) is 13.7 Å². The van der Waals surface area contributed by atoms with Crippen LogP contribution in [0.2, 0.25) is 0 Å². The van der Waals surface area contributed by atoms with E-state index < -0.39 is 17.7 Å². The highest BCUT2D eigenvalue weighted by atomic mass is 16.6. The van der Waals surface area contributed by atoms with Gasteiger partial charge in [-0.2, -0.15) is 0 Å². The molecule has 1 aliphatic rings. The first-order valence-electron chi connectivity index (χ1n) is 5.62. The van der Waals surface area contributed by atoms with E-state index in [-0.39, 0.29) is 12.0 Å². The molecule has 1 saturated heterocycles. The number of alkyl carbamates (subject to hydrolysis) is 1. The van der Waals surface area contributed by atoms with Crippen molar-refractivity contribution in [2.24, 2.45) is 0 Å². The van der Waals surface area contributed by atoms with Crippen LogP contribution < -0.4 is 10.6 Å². The summed E-state index contributed by atoms with van der Waals surface area (Å²) in [6, 6.07) is -0.594. The average molecular weight is 244 g/mol. The lowest BCUT2D eigenvalue weighted by molar-refractivity contribution is -0.127. The van der Waals surface area contributed by atoms with Crippen LogP contribution in [0, 0.1) is 0 Å². The Morgan fingerprint density at radius 2 is 2.12 bits per heavy atom. The molecule has 2 atom stereocenters. The Labute approximate surface area is 101 Å². The second-order valence-electron chi connectivity index (χ2n) is 5.04. The lowest BCUT2D eigenvalue weighted by atomic mass is 10.0. The predicted molar refractivity (Wildman–Crippen MR) is 61.6 cm³/mol. The first-order valence-corrected chi connectivity index (χ1v) is 5.62. The van der Waals surface area contributed by atoms with Gasteiger partial charge in [0.05, 0.1) is 6.10 Å². The first kappa shape index (κ1) is 13.8. The number of amides is 2. The Morgan fingerprint density at radius 3 is 2.65 bits per heavy atom. The largest absolute Gasteiger partial charge is 0.444 e. The van der Waals surface area contributed by atoms with E-state index in [9.17, 15) is 9.59 Å². The SMILES string of the molecule is COC1CNC(=O)C(NC(=O)OC(C)(C)C)C1. The molecule has 1 fully saturated rings. The highest BCUT2D eigenvalue weighted by molar-refractivity contribution is 5.86. The van der Waals surface area contributed by atoms with Gasteiger partial charge in [0.1, 0.15) is 11.6 Å². The molecule has 17 heavy (non-hydrogen) atoms. The Morgan fingerprint density at radius 1 is 1.47 bits per heavy atom. The smallest absolute Gasteiger partial charge is 0.408 e. The molecule has 0 aromatic carbocycles. The number of methoxy groups -OCH3 is 1. The molecule has 0 aromatic rings. The van der Waals surface area contributed by atoms with E-state index in [0.717, 1.165) is 0 Å². The van der Waals surface area contributed by atoms with Crippen molar-refractivity contribution in [3.8, 4) is 0 Å². The van der Waals surface area contributed by atoms with Crippen molar-refractivity contribution in [3.05, 3.63) is 0 Å². The minimum atomic E-state index is -0.594. The lowest BCUT2D eigenvalue weighted by Gasteiger charge is -2.29. The Hall–Kier alpha value is -1.30. The Kier molecular flexibility index (Phi) is 4.34. The number of ether oxygens (including phenoxy) is 2. The molecular formula is C11H20N2O4. The second kappa shape index (κ2) is 5.35. The van der Waals surface area contributed by atoms with Crippen LogP contribution in [-0.4, -0.2) is 43.4 Å². The minimum Gasteiger partial charge on any atom is -0.444 e. The molecule has 6 nitrogen and oxygen atoms in total. The lowest BCUT2D eigenvalue weighted by Crippen LogP contribution is -2.55. The predicted octanol–water partition coefficient (Wildman–Crippen LogP) is 0.415. The molecule has 2 N–H and O–H groups in total. The van der Waals surface area contributed by atoms with Crippen LogP contribution in [0.3, 0.4) is 0 Å². The second-order valence-corrected chi connectivity index (χ2v) is 5.04. The molecule has 2 unspecified atom stereocenters.